The number of piperidine rings is 1. The second-order valence-corrected chi connectivity index (χ2v) is 5.09. The summed E-state index contributed by atoms with van der Waals surface area (Å²) in [5, 5.41) is 6.93. The highest BCUT2D eigenvalue weighted by Crippen LogP contribution is 2.25. The van der Waals surface area contributed by atoms with Crippen molar-refractivity contribution in [3.63, 3.8) is 0 Å². The minimum atomic E-state index is -0.399. The summed E-state index contributed by atoms with van der Waals surface area (Å²) in [6, 6.07) is 6.57. The molecule has 1 aromatic heterocycles. The van der Waals surface area contributed by atoms with Gasteiger partial charge in [0.2, 0.25) is 0 Å². The summed E-state index contributed by atoms with van der Waals surface area (Å²) >= 11 is 0. The molecule has 102 valence electrons. The average Bonchev–Trinajstić information content (AvgIpc) is 2.80. The molecule has 2 aromatic rings. The number of oxazole rings is 1. The Morgan fingerprint density at radius 2 is 2.32 bits per heavy atom. The number of likely N-dealkylation sites (N-methyl/N-ethyl adjacent to an activating group) is 1. The Labute approximate surface area is 111 Å². The molecule has 0 saturated carbocycles. The molecule has 2 heterocycles. The number of hydrogen-bond donors (Lipinski definition) is 3. The van der Waals surface area contributed by atoms with Crippen molar-refractivity contribution in [3.05, 3.63) is 34.3 Å². The van der Waals surface area contributed by atoms with Crippen LogP contribution in [0.15, 0.2) is 27.4 Å². The van der Waals surface area contributed by atoms with E-state index in [-0.39, 0.29) is 6.04 Å². The predicted octanol–water partition coefficient (Wildman–Crippen LogP) is 1.52. The first-order chi connectivity index (χ1) is 9.28. The molecule has 5 heteroatoms. The van der Waals surface area contributed by atoms with Crippen molar-refractivity contribution in [2.24, 2.45) is 0 Å². The molecule has 3 N–H and O–H groups in total. The maximum Gasteiger partial charge on any atom is 0.417 e. The lowest BCUT2D eigenvalue weighted by molar-refractivity contribution is 0.326. The van der Waals surface area contributed by atoms with E-state index < -0.39 is 5.76 Å². The van der Waals surface area contributed by atoms with Crippen LogP contribution >= 0.6 is 0 Å². The monoisotopic (exact) mass is 261 g/mol. The molecule has 2 atom stereocenters. The number of aromatic nitrogens is 1. The van der Waals surface area contributed by atoms with Crippen molar-refractivity contribution in [3.8, 4) is 0 Å². The highest BCUT2D eigenvalue weighted by molar-refractivity contribution is 5.72. The minimum absolute atomic E-state index is 0.241. The Kier molecular flexibility index (Phi) is 3.40. The second kappa shape index (κ2) is 5.19. The van der Waals surface area contributed by atoms with E-state index in [9.17, 15) is 4.79 Å². The molecule has 0 aliphatic carbocycles. The summed E-state index contributed by atoms with van der Waals surface area (Å²) in [6.45, 7) is 1.07. The van der Waals surface area contributed by atoms with Crippen molar-refractivity contribution < 1.29 is 4.42 Å². The molecule has 1 aliphatic rings. The van der Waals surface area contributed by atoms with Crippen LogP contribution in [0, 0.1) is 0 Å². The van der Waals surface area contributed by atoms with E-state index in [2.05, 4.69) is 15.6 Å². The summed E-state index contributed by atoms with van der Waals surface area (Å²) in [5.41, 5.74) is 2.52. The van der Waals surface area contributed by atoms with Crippen LogP contribution in [0.1, 0.15) is 30.9 Å². The van der Waals surface area contributed by atoms with E-state index in [1.807, 2.05) is 25.2 Å². The van der Waals surface area contributed by atoms with Crippen LogP contribution in [0.25, 0.3) is 11.1 Å². The van der Waals surface area contributed by atoms with Crippen molar-refractivity contribution in [1.29, 1.82) is 0 Å². The molecule has 1 aromatic carbocycles. The molecule has 0 radical (unpaired) electrons. The highest BCUT2D eigenvalue weighted by atomic mass is 16.4. The number of fused-ring (bicyclic) bond motifs is 1. The van der Waals surface area contributed by atoms with Crippen LogP contribution < -0.4 is 16.4 Å². The van der Waals surface area contributed by atoms with E-state index in [0.717, 1.165) is 17.6 Å². The third-order valence-corrected chi connectivity index (χ3v) is 3.87. The first-order valence-corrected chi connectivity index (χ1v) is 6.81. The molecule has 2 unspecified atom stereocenters. The first-order valence-electron chi connectivity index (χ1n) is 6.81. The summed E-state index contributed by atoms with van der Waals surface area (Å²) in [6.07, 6.45) is 3.68. The lowest BCUT2D eigenvalue weighted by atomic mass is 9.92. The maximum atomic E-state index is 11.2. The van der Waals surface area contributed by atoms with E-state index in [1.54, 1.807) is 0 Å². The molecule has 1 saturated heterocycles. The van der Waals surface area contributed by atoms with Gasteiger partial charge in [0, 0.05) is 12.1 Å². The van der Waals surface area contributed by atoms with Gasteiger partial charge in [0.15, 0.2) is 5.58 Å². The number of H-pyrrole nitrogens is 1. The fourth-order valence-corrected chi connectivity index (χ4v) is 2.92. The maximum absolute atomic E-state index is 11.2. The van der Waals surface area contributed by atoms with Crippen LogP contribution in [0.5, 0.6) is 0 Å². The summed E-state index contributed by atoms with van der Waals surface area (Å²) < 4.78 is 5.13. The zero-order chi connectivity index (χ0) is 13.2. The number of benzene rings is 1. The van der Waals surface area contributed by atoms with E-state index in [4.69, 9.17) is 4.42 Å². The Balaban J connectivity index is 1.93. The predicted molar refractivity (Wildman–Crippen MR) is 74.3 cm³/mol. The molecular weight excluding hydrogens is 242 g/mol. The Morgan fingerprint density at radius 3 is 3.05 bits per heavy atom. The van der Waals surface area contributed by atoms with E-state index >= 15 is 0 Å². The van der Waals surface area contributed by atoms with Crippen LogP contribution in [-0.2, 0) is 0 Å². The topological polar surface area (TPSA) is 70.1 Å². The summed E-state index contributed by atoms with van der Waals surface area (Å²) in [7, 11) is 1.97. The molecule has 0 amide bonds. The molecule has 1 aliphatic heterocycles. The number of nitrogens with one attached hydrogen (secondary N) is 3. The minimum Gasteiger partial charge on any atom is -0.408 e. The lowest BCUT2D eigenvalue weighted by Crippen LogP contribution is -2.43. The number of aromatic amines is 1. The summed E-state index contributed by atoms with van der Waals surface area (Å²) in [4.78, 5) is 13.9. The van der Waals surface area contributed by atoms with Crippen LogP contribution in [-0.4, -0.2) is 24.6 Å². The van der Waals surface area contributed by atoms with Crippen LogP contribution in [0.4, 0.5) is 0 Å². The van der Waals surface area contributed by atoms with Gasteiger partial charge in [-0.1, -0.05) is 12.5 Å². The standard InChI is InChI=1S/C14H19N3O2/c1-15-13(11-4-2-3-7-16-11)9-5-6-10-12(8-9)19-14(18)17-10/h5-6,8,11,13,15-16H,2-4,7H2,1H3,(H,17,18). The van der Waals surface area contributed by atoms with Gasteiger partial charge in [-0.05, 0) is 44.1 Å². The second-order valence-electron chi connectivity index (χ2n) is 5.09. The van der Waals surface area contributed by atoms with Gasteiger partial charge < -0.3 is 15.1 Å². The fourth-order valence-electron chi connectivity index (χ4n) is 2.92. The molecule has 19 heavy (non-hydrogen) atoms. The molecular formula is C14H19N3O2. The lowest BCUT2D eigenvalue weighted by Gasteiger charge is -2.31. The zero-order valence-electron chi connectivity index (χ0n) is 11.0. The highest BCUT2D eigenvalue weighted by Gasteiger charge is 2.23. The Hall–Kier alpha value is -1.59. The number of rotatable bonds is 3. The van der Waals surface area contributed by atoms with Crippen molar-refractivity contribution in [1.82, 2.24) is 15.6 Å². The first kappa shape index (κ1) is 12.4. The summed E-state index contributed by atoms with van der Waals surface area (Å²) in [5.74, 6) is -0.399. The van der Waals surface area contributed by atoms with Gasteiger partial charge in [-0.2, -0.15) is 0 Å². The molecule has 0 bridgehead atoms. The molecule has 3 rings (SSSR count). The van der Waals surface area contributed by atoms with Crippen molar-refractivity contribution in [2.75, 3.05) is 13.6 Å². The van der Waals surface area contributed by atoms with Crippen LogP contribution in [0.2, 0.25) is 0 Å². The third-order valence-electron chi connectivity index (χ3n) is 3.87. The molecule has 5 nitrogen and oxygen atoms in total. The van der Waals surface area contributed by atoms with Crippen molar-refractivity contribution >= 4 is 11.1 Å². The van der Waals surface area contributed by atoms with E-state index in [1.165, 1.54) is 19.3 Å². The SMILES string of the molecule is CNC(c1ccc2[nH]c(=O)oc2c1)C1CCCCN1. The quantitative estimate of drug-likeness (QED) is 0.783. The van der Waals surface area contributed by atoms with Gasteiger partial charge >= 0.3 is 5.76 Å². The van der Waals surface area contributed by atoms with Crippen LogP contribution in [0.3, 0.4) is 0 Å². The fraction of sp³-hybridized carbons (Fsp3) is 0.500. The van der Waals surface area contributed by atoms with Gasteiger partial charge in [-0.25, -0.2) is 4.79 Å². The van der Waals surface area contributed by atoms with Gasteiger partial charge in [0.05, 0.1) is 5.52 Å². The average molecular weight is 261 g/mol. The van der Waals surface area contributed by atoms with Crippen molar-refractivity contribution in [2.45, 2.75) is 31.3 Å². The largest absolute Gasteiger partial charge is 0.417 e. The van der Waals surface area contributed by atoms with Gasteiger partial charge in [-0.3, -0.25) is 4.98 Å². The van der Waals surface area contributed by atoms with E-state index in [0.29, 0.717) is 11.6 Å². The van der Waals surface area contributed by atoms with Gasteiger partial charge in [-0.15, -0.1) is 0 Å². The molecule has 1 fully saturated rings. The zero-order valence-corrected chi connectivity index (χ0v) is 11.0. The number of hydrogen-bond acceptors (Lipinski definition) is 4. The van der Waals surface area contributed by atoms with Gasteiger partial charge in [0.1, 0.15) is 0 Å². The Bertz CT molecular complexity index is 610. The Morgan fingerprint density at radius 1 is 1.42 bits per heavy atom. The molecule has 0 spiro atoms. The third kappa shape index (κ3) is 2.43. The van der Waals surface area contributed by atoms with Gasteiger partial charge in [0.25, 0.3) is 0 Å². The normalized spacial score (nSPS) is 21.6. The smallest absolute Gasteiger partial charge is 0.408 e.